The van der Waals surface area contributed by atoms with Gasteiger partial charge in [-0.2, -0.15) is 0 Å². The van der Waals surface area contributed by atoms with Gasteiger partial charge in [-0.3, -0.25) is 0 Å². The first-order chi connectivity index (χ1) is 27.0. The fourth-order valence-electron chi connectivity index (χ4n) is 8.36. The summed E-state index contributed by atoms with van der Waals surface area (Å²) in [6.07, 6.45) is 0. The van der Waals surface area contributed by atoms with Crippen LogP contribution in [0.4, 0.5) is 0 Å². The first kappa shape index (κ1) is 32.7. The molecule has 0 aliphatic heterocycles. The van der Waals surface area contributed by atoms with Gasteiger partial charge in [-0.1, -0.05) is 178 Å². The monoisotopic (exact) mass is 702 g/mol. The smallest absolute Gasteiger partial charge is 0.160 e. The van der Waals surface area contributed by atoms with Gasteiger partial charge in [0.1, 0.15) is 0 Å². The molecule has 0 bridgehead atoms. The topological polar surface area (TPSA) is 25.8 Å². The minimum absolute atomic E-state index is 0.0793. The Balaban J connectivity index is 1.02. The lowest BCUT2D eigenvalue weighted by atomic mass is 9.81. The Morgan fingerprint density at radius 1 is 0.327 bits per heavy atom. The van der Waals surface area contributed by atoms with Crippen molar-refractivity contribution in [2.75, 3.05) is 0 Å². The van der Waals surface area contributed by atoms with Crippen molar-refractivity contribution >= 4 is 10.8 Å². The molecule has 55 heavy (non-hydrogen) atoms. The van der Waals surface area contributed by atoms with E-state index in [9.17, 15) is 0 Å². The zero-order chi connectivity index (χ0) is 36.9. The van der Waals surface area contributed by atoms with Gasteiger partial charge in [0.05, 0.1) is 11.4 Å². The van der Waals surface area contributed by atoms with Crippen LogP contribution >= 0.6 is 0 Å². The van der Waals surface area contributed by atoms with Crippen LogP contribution in [0.25, 0.3) is 89.2 Å². The SMILES string of the molecule is CC1(C)c2cc3ccccc3cc2-c2c(-c3cccc(-c4ccc(-c5cc(-c6cccc(-c7ccccc7)c6)nc(-c6ccccc6)n5)cc4)c3)cccc21. The van der Waals surface area contributed by atoms with Gasteiger partial charge in [-0.05, 0) is 96.7 Å². The summed E-state index contributed by atoms with van der Waals surface area (Å²) in [5.41, 5.74) is 17.5. The number of hydrogen-bond acceptors (Lipinski definition) is 2. The van der Waals surface area contributed by atoms with E-state index in [2.05, 4.69) is 184 Å². The minimum Gasteiger partial charge on any atom is -0.228 e. The van der Waals surface area contributed by atoms with Crippen LogP contribution in [0.15, 0.2) is 194 Å². The van der Waals surface area contributed by atoms with Crippen molar-refractivity contribution in [3.63, 3.8) is 0 Å². The van der Waals surface area contributed by atoms with E-state index in [0.717, 1.165) is 39.2 Å². The standard InChI is InChI=1S/C53H38N2/c1-53(2)47-25-13-24-45(51(47)46-32-41-18-9-10-19-42(41)33-48(46)53)43-22-11-20-39(30-43)36-26-28-37(29-27-36)49-34-50(55-52(54-49)38-16-7-4-8-17-38)44-23-12-21-40(31-44)35-14-5-3-6-15-35/h3-34H,1-2H3. The van der Waals surface area contributed by atoms with Crippen molar-refractivity contribution in [1.29, 1.82) is 0 Å². The third-order valence-electron chi connectivity index (χ3n) is 11.3. The third-order valence-corrected chi connectivity index (χ3v) is 11.3. The molecule has 0 fully saturated rings. The van der Waals surface area contributed by atoms with Crippen LogP contribution in [0.2, 0.25) is 0 Å². The predicted molar refractivity (Wildman–Crippen MR) is 230 cm³/mol. The van der Waals surface area contributed by atoms with Gasteiger partial charge in [0.25, 0.3) is 0 Å². The van der Waals surface area contributed by atoms with E-state index in [1.165, 1.54) is 55.3 Å². The Labute approximate surface area is 322 Å². The second-order valence-electron chi connectivity index (χ2n) is 15.0. The Bertz CT molecular complexity index is 2870. The first-order valence-electron chi connectivity index (χ1n) is 19.0. The van der Waals surface area contributed by atoms with Crippen LogP contribution in [0.1, 0.15) is 25.0 Å². The molecule has 8 aromatic carbocycles. The van der Waals surface area contributed by atoms with Gasteiger partial charge in [0, 0.05) is 22.1 Å². The third kappa shape index (κ3) is 5.84. The molecule has 0 unspecified atom stereocenters. The Morgan fingerprint density at radius 2 is 0.836 bits per heavy atom. The number of fused-ring (bicyclic) bond motifs is 4. The fraction of sp³-hybridized carbons (Fsp3) is 0.0566. The summed E-state index contributed by atoms with van der Waals surface area (Å²) < 4.78 is 0. The van der Waals surface area contributed by atoms with Crippen LogP contribution in [0, 0.1) is 0 Å². The quantitative estimate of drug-likeness (QED) is 0.172. The number of aromatic nitrogens is 2. The highest BCUT2D eigenvalue weighted by molar-refractivity contribution is 5.99. The maximum absolute atomic E-state index is 5.11. The molecule has 1 aliphatic rings. The molecule has 1 aromatic heterocycles. The molecular weight excluding hydrogens is 665 g/mol. The Morgan fingerprint density at radius 3 is 1.55 bits per heavy atom. The zero-order valence-corrected chi connectivity index (χ0v) is 30.9. The van der Waals surface area contributed by atoms with Crippen molar-refractivity contribution in [2.45, 2.75) is 19.3 Å². The average molecular weight is 703 g/mol. The fourth-order valence-corrected chi connectivity index (χ4v) is 8.36. The minimum atomic E-state index is -0.0793. The molecular formula is C53H38N2. The van der Waals surface area contributed by atoms with E-state index in [1.54, 1.807) is 0 Å². The second kappa shape index (κ2) is 13.2. The van der Waals surface area contributed by atoms with Gasteiger partial charge in [0.2, 0.25) is 0 Å². The lowest BCUT2D eigenvalue weighted by Gasteiger charge is -2.22. The Kier molecular flexibility index (Phi) is 7.85. The van der Waals surface area contributed by atoms with Crippen molar-refractivity contribution in [3.05, 3.63) is 205 Å². The summed E-state index contributed by atoms with van der Waals surface area (Å²) >= 11 is 0. The summed E-state index contributed by atoms with van der Waals surface area (Å²) in [5, 5.41) is 2.57. The lowest BCUT2D eigenvalue weighted by molar-refractivity contribution is 0.661. The van der Waals surface area contributed by atoms with Crippen LogP contribution in [0.3, 0.4) is 0 Å². The maximum atomic E-state index is 5.11. The predicted octanol–water partition coefficient (Wildman–Crippen LogP) is 13.9. The highest BCUT2D eigenvalue weighted by atomic mass is 14.9. The maximum Gasteiger partial charge on any atom is 0.160 e. The molecule has 1 heterocycles. The molecule has 0 spiro atoms. The molecule has 0 radical (unpaired) electrons. The molecule has 2 heteroatoms. The summed E-state index contributed by atoms with van der Waals surface area (Å²) in [6, 6.07) is 69.6. The average Bonchev–Trinajstić information content (AvgIpc) is 3.48. The first-order valence-corrected chi connectivity index (χ1v) is 19.0. The van der Waals surface area contributed by atoms with Crippen LogP contribution < -0.4 is 0 Å². The van der Waals surface area contributed by atoms with Crippen LogP contribution in [-0.2, 0) is 5.41 Å². The molecule has 2 nitrogen and oxygen atoms in total. The van der Waals surface area contributed by atoms with Gasteiger partial charge < -0.3 is 0 Å². The van der Waals surface area contributed by atoms with Crippen molar-refractivity contribution in [1.82, 2.24) is 9.97 Å². The number of nitrogens with zero attached hydrogens (tertiary/aromatic N) is 2. The summed E-state index contributed by atoms with van der Waals surface area (Å²) in [4.78, 5) is 10.2. The molecule has 0 N–H and O–H groups in total. The van der Waals surface area contributed by atoms with Crippen LogP contribution in [-0.4, -0.2) is 9.97 Å². The molecule has 9 aromatic rings. The van der Waals surface area contributed by atoms with Gasteiger partial charge in [-0.25, -0.2) is 9.97 Å². The zero-order valence-electron chi connectivity index (χ0n) is 30.9. The van der Waals surface area contributed by atoms with E-state index in [1.807, 2.05) is 24.3 Å². The molecule has 1 aliphatic carbocycles. The molecule has 10 rings (SSSR count). The highest BCUT2D eigenvalue weighted by Gasteiger charge is 2.37. The van der Waals surface area contributed by atoms with E-state index >= 15 is 0 Å². The second-order valence-corrected chi connectivity index (χ2v) is 15.0. The molecule has 0 saturated carbocycles. The number of hydrogen-bond donors (Lipinski definition) is 0. The van der Waals surface area contributed by atoms with Crippen molar-refractivity contribution < 1.29 is 0 Å². The Hall–Kier alpha value is -6.90. The lowest BCUT2D eigenvalue weighted by Crippen LogP contribution is -2.14. The summed E-state index contributed by atoms with van der Waals surface area (Å²) in [7, 11) is 0. The molecule has 0 saturated heterocycles. The largest absolute Gasteiger partial charge is 0.228 e. The van der Waals surface area contributed by atoms with E-state index in [-0.39, 0.29) is 5.41 Å². The van der Waals surface area contributed by atoms with Crippen LogP contribution in [0.5, 0.6) is 0 Å². The summed E-state index contributed by atoms with van der Waals surface area (Å²) in [5.74, 6) is 0.711. The molecule has 0 atom stereocenters. The van der Waals surface area contributed by atoms with E-state index in [0.29, 0.717) is 5.82 Å². The van der Waals surface area contributed by atoms with Gasteiger partial charge in [0.15, 0.2) is 5.82 Å². The van der Waals surface area contributed by atoms with E-state index < -0.39 is 0 Å². The van der Waals surface area contributed by atoms with E-state index in [4.69, 9.17) is 9.97 Å². The normalized spacial score (nSPS) is 12.7. The van der Waals surface area contributed by atoms with Gasteiger partial charge in [-0.15, -0.1) is 0 Å². The van der Waals surface area contributed by atoms with Gasteiger partial charge >= 0.3 is 0 Å². The highest BCUT2D eigenvalue weighted by Crippen LogP contribution is 2.53. The number of rotatable bonds is 6. The molecule has 0 amide bonds. The summed E-state index contributed by atoms with van der Waals surface area (Å²) in [6.45, 7) is 4.72. The van der Waals surface area contributed by atoms with Crippen molar-refractivity contribution in [2.24, 2.45) is 0 Å². The number of benzene rings is 8. The molecule has 260 valence electrons. The van der Waals surface area contributed by atoms with Crippen molar-refractivity contribution in [3.8, 4) is 78.4 Å².